The highest BCUT2D eigenvalue weighted by molar-refractivity contribution is 6.58. The summed E-state index contributed by atoms with van der Waals surface area (Å²) in [6, 6.07) is 18.5. The van der Waals surface area contributed by atoms with E-state index >= 15 is 0 Å². The fourth-order valence-corrected chi connectivity index (χ4v) is 3.72. The van der Waals surface area contributed by atoms with E-state index in [-0.39, 0.29) is 5.41 Å². The third-order valence-corrected chi connectivity index (χ3v) is 4.88. The van der Waals surface area contributed by atoms with Gasteiger partial charge in [0.15, 0.2) is 0 Å². The molecule has 2 N–H and O–H groups in total. The minimum atomic E-state index is -1.44. The van der Waals surface area contributed by atoms with Crippen molar-refractivity contribution < 1.29 is 10.0 Å². The summed E-state index contributed by atoms with van der Waals surface area (Å²) in [7, 11) is -1.44. The summed E-state index contributed by atoms with van der Waals surface area (Å²) in [4.78, 5) is 0. The quantitative estimate of drug-likeness (QED) is 0.676. The van der Waals surface area contributed by atoms with Gasteiger partial charge in [0.1, 0.15) is 0 Å². The Kier molecular flexibility index (Phi) is 2.74. The first-order chi connectivity index (χ1) is 10.5. The molecule has 0 radical (unpaired) electrons. The van der Waals surface area contributed by atoms with Gasteiger partial charge in [0.2, 0.25) is 0 Å². The van der Waals surface area contributed by atoms with E-state index in [1.54, 1.807) is 6.07 Å². The van der Waals surface area contributed by atoms with Gasteiger partial charge in [0.05, 0.1) is 0 Å². The van der Waals surface area contributed by atoms with E-state index in [2.05, 4.69) is 50.2 Å². The third kappa shape index (κ3) is 1.70. The maximum absolute atomic E-state index is 9.50. The standard InChI is InChI=1S/C19H17BO2/c1-19(2)16-10-9-13(20(21)22)11-15(16)14-7-3-5-12-6-4-8-17(19)18(12)14/h3-11,21-22H,1-2H3. The predicted molar refractivity (Wildman–Crippen MR) is 91.3 cm³/mol. The topological polar surface area (TPSA) is 40.5 Å². The van der Waals surface area contributed by atoms with Crippen LogP contribution in [0, 0.1) is 0 Å². The van der Waals surface area contributed by atoms with Gasteiger partial charge in [0, 0.05) is 5.41 Å². The summed E-state index contributed by atoms with van der Waals surface area (Å²) >= 11 is 0. The van der Waals surface area contributed by atoms with Gasteiger partial charge >= 0.3 is 7.12 Å². The van der Waals surface area contributed by atoms with Crippen molar-refractivity contribution in [1.82, 2.24) is 0 Å². The molecular weight excluding hydrogens is 271 g/mol. The average molecular weight is 288 g/mol. The SMILES string of the molecule is CC1(C)c2ccc(B(O)O)cc2-c2cccc3cccc1c23. The summed E-state index contributed by atoms with van der Waals surface area (Å²) in [6.07, 6.45) is 0. The summed E-state index contributed by atoms with van der Waals surface area (Å²) in [6.45, 7) is 4.46. The molecule has 3 aromatic carbocycles. The first-order valence-corrected chi connectivity index (χ1v) is 7.53. The van der Waals surface area contributed by atoms with Crippen LogP contribution in [0.5, 0.6) is 0 Å². The maximum atomic E-state index is 9.50. The van der Waals surface area contributed by atoms with Crippen LogP contribution in [0.2, 0.25) is 0 Å². The normalized spacial score (nSPS) is 14.7. The second-order valence-electron chi connectivity index (χ2n) is 6.51. The van der Waals surface area contributed by atoms with Crippen molar-refractivity contribution in [2.75, 3.05) is 0 Å². The zero-order valence-corrected chi connectivity index (χ0v) is 12.7. The van der Waals surface area contributed by atoms with E-state index in [1.165, 1.54) is 27.5 Å². The fourth-order valence-electron chi connectivity index (χ4n) is 3.72. The Hall–Kier alpha value is -2.10. The van der Waals surface area contributed by atoms with E-state index in [1.807, 2.05) is 12.1 Å². The van der Waals surface area contributed by atoms with E-state index in [9.17, 15) is 10.0 Å². The molecule has 1 aliphatic rings. The van der Waals surface area contributed by atoms with Gasteiger partial charge < -0.3 is 10.0 Å². The molecule has 3 heteroatoms. The lowest BCUT2D eigenvalue weighted by atomic mass is 9.66. The smallest absolute Gasteiger partial charge is 0.423 e. The van der Waals surface area contributed by atoms with Crippen LogP contribution in [0.4, 0.5) is 0 Å². The van der Waals surface area contributed by atoms with Crippen LogP contribution in [0.1, 0.15) is 25.0 Å². The van der Waals surface area contributed by atoms with Crippen molar-refractivity contribution >= 4 is 23.4 Å². The summed E-state index contributed by atoms with van der Waals surface area (Å²) < 4.78 is 0. The molecule has 0 bridgehead atoms. The number of benzene rings is 3. The van der Waals surface area contributed by atoms with Gasteiger partial charge in [-0.1, -0.05) is 68.4 Å². The molecule has 0 saturated carbocycles. The van der Waals surface area contributed by atoms with E-state index < -0.39 is 7.12 Å². The van der Waals surface area contributed by atoms with Crippen LogP contribution in [0.3, 0.4) is 0 Å². The van der Waals surface area contributed by atoms with Crippen LogP contribution >= 0.6 is 0 Å². The molecule has 1 aliphatic carbocycles. The molecule has 0 amide bonds. The van der Waals surface area contributed by atoms with Crippen molar-refractivity contribution in [2.24, 2.45) is 0 Å². The molecular formula is C19H17BO2. The number of fused-ring (bicyclic) bond motifs is 2. The molecule has 0 aromatic heterocycles. The van der Waals surface area contributed by atoms with Crippen molar-refractivity contribution in [2.45, 2.75) is 19.3 Å². The molecule has 0 atom stereocenters. The molecule has 4 rings (SSSR count). The van der Waals surface area contributed by atoms with Crippen LogP contribution < -0.4 is 5.46 Å². The number of rotatable bonds is 1. The molecule has 22 heavy (non-hydrogen) atoms. The van der Waals surface area contributed by atoms with Gasteiger partial charge in [-0.3, -0.25) is 0 Å². The lowest BCUT2D eigenvalue weighted by molar-refractivity contribution is 0.425. The number of hydrogen-bond donors (Lipinski definition) is 2. The Balaban J connectivity index is 2.17. The van der Waals surface area contributed by atoms with E-state index in [4.69, 9.17) is 0 Å². The highest BCUT2D eigenvalue weighted by Crippen LogP contribution is 2.47. The van der Waals surface area contributed by atoms with Gasteiger partial charge in [-0.05, 0) is 38.5 Å². The Morgan fingerprint density at radius 1 is 0.818 bits per heavy atom. The highest BCUT2D eigenvalue weighted by Gasteiger charge is 2.33. The second-order valence-corrected chi connectivity index (χ2v) is 6.51. The van der Waals surface area contributed by atoms with Gasteiger partial charge in [0.25, 0.3) is 0 Å². The van der Waals surface area contributed by atoms with Crippen molar-refractivity contribution in [3.8, 4) is 11.1 Å². The van der Waals surface area contributed by atoms with Crippen LogP contribution in [-0.2, 0) is 5.41 Å². The molecule has 0 unspecified atom stereocenters. The molecule has 2 nitrogen and oxygen atoms in total. The fraction of sp³-hybridized carbons (Fsp3) is 0.158. The molecule has 0 heterocycles. The van der Waals surface area contributed by atoms with Crippen molar-refractivity contribution in [1.29, 1.82) is 0 Å². The summed E-state index contributed by atoms with van der Waals surface area (Å²) in [5.41, 5.74) is 5.24. The largest absolute Gasteiger partial charge is 0.488 e. The molecule has 0 aliphatic heterocycles. The Bertz CT molecular complexity index is 892. The van der Waals surface area contributed by atoms with Crippen LogP contribution in [0.15, 0.2) is 54.6 Å². The Morgan fingerprint density at radius 2 is 1.55 bits per heavy atom. The average Bonchev–Trinajstić information content (AvgIpc) is 2.52. The zero-order chi connectivity index (χ0) is 15.5. The Morgan fingerprint density at radius 3 is 2.27 bits per heavy atom. The van der Waals surface area contributed by atoms with E-state index in [0.717, 1.165) is 5.56 Å². The molecule has 3 aromatic rings. The predicted octanol–water partition coefficient (Wildman–Crippen LogP) is 2.83. The Labute approximate surface area is 130 Å². The number of hydrogen-bond acceptors (Lipinski definition) is 2. The lowest BCUT2D eigenvalue weighted by Gasteiger charge is -2.35. The van der Waals surface area contributed by atoms with Gasteiger partial charge in [-0.15, -0.1) is 0 Å². The molecule has 108 valence electrons. The molecule has 0 saturated heterocycles. The second kappa shape index (κ2) is 4.45. The molecule has 0 spiro atoms. The summed E-state index contributed by atoms with van der Waals surface area (Å²) in [5.74, 6) is 0. The minimum absolute atomic E-state index is 0.109. The van der Waals surface area contributed by atoms with Gasteiger partial charge in [-0.25, -0.2) is 0 Å². The first-order valence-electron chi connectivity index (χ1n) is 7.53. The summed E-state index contributed by atoms with van der Waals surface area (Å²) in [5, 5.41) is 21.5. The van der Waals surface area contributed by atoms with E-state index in [0.29, 0.717) is 5.46 Å². The minimum Gasteiger partial charge on any atom is -0.423 e. The van der Waals surface area contributed by atoms with Crippen LogP contribution in [0.25, 0.3) is 21.9 Å². The maximum Gasteiger partial charge on any atom is 0.488 e. The van der Waals surface area contributed by atoms with Gasteiger partial charge in [-0.2, -0.15) is 0 Å². The third-order valence-electron chi connectivity index (χ3n) is 4.88. The lowest BCUT2D eigenvalue weighted by Crippen LogP contribution is -2.32. The zero-order valence-electron chi connectivity index (χ0n) is 12.7. The first kappa shape index (κ1) is 13.6. The molecule has 0 fully saturated rings. The highest BCUT2D eigenvalue weighted by atomic mass is 16.4. The van der Waals surface area contributed by atoms with Crippen molar-refractivity contribution in [3.63, 3.8) is 0 Å². The van der Waals surface area contributed by atoms with Crippen LogP contribution in [-0.4, -0.2) is 17.2 Å². The monoisotopic (exact) mass is 288 g/mol. The van der Waals surface area contributed by atoms with Crippen molar-refractivity contribution in [3.05, 3.63) is 65.7 Å².